The molecule has 15 heavy (non-hydrogen) atoms. The van der Waals surface area contributed by atoms with Crippen molar-refractivity contribution in [3.63, 3.8) is 0 Å². The Morgan fingerprint density at radius 1 is 1.13 bits per heavy atom. The molecule has 0 fully saturated rings. The number of rotatable bonds is 7. The van der Waals surface area contributed by atoms with E-state index in [1.54, 1.807) is 0 Å². The monoisotopic (exact) mass is 213 g/mol. The number of amides is 1. The van der Waals surface area contributed by atoms with Gasteiger partial charge in [-0.15, -0.1) is 0 Å². The Hall–Kier alpha value is -0.530. The molecule has 0 radical (unpaired) electrons. The lowest BCUT2D eigenvalue weighted by atomic mass is 10.1. The molecule has 2 heteroatoms. The largest absolute Gasteiger partial charge is 0.340 e. The average molecular weight is 213 g/mol. The highest BCUT2D eigenvalue weighted by atomic mass is 16.2. The van der Waals surface area contributed by atoms with Crippen LogP contribution in [0.5, 0.6) is 0 Å². The van der Waals surface area contributed by atoms with Gasteiger partial charge in [0.2, 0.25) is 5.91 Å². The molecule has 0 aliphatic heterocycles. The second kappa shape index (κ2) is 7.72. The van der Waals surface area contributed by atoms with E-state index in [1.807, 2.05) is 18.7 Å². The molecule has 0 aliphatic carbocycles. The summed E-state index contributed by atoms with van der Waals surface area (Å²) in [5.74, 6) is 0.417. The number of nitrogens with zero attached hydrogens (tertiary/aromatic N) is 1. The van der Waals surface area contributed by atoms with Crippen molar-refractivity contribution in [1.82, 2.24) is 4.90 Å². The number of carbonyl (C=O) groups excluding carboxylic acids is 1. The van der Waals surface area contributed by atoms with E-state index >= 15 is 0 Å². The van der Waals surface area contributed by atoms with Crippen LogP contribution in [0, 0.1) is 5.92 Å². The first-order valence-corrected chi connectivity index (χ1v) is 6.35. The van der Waals surface area contributed by atoms with E-state index in [2.05, 4.69) is 20.8 Å². The van der Waals surface area contributed by atoms with Crippen molar-refractivity contribution in [2.45, 2.75) is 66.3 Å². The van der Waals surface area contributed by atoms with Crippen molar-refractivity contribution in [2.24, 2.45) is 5.92 Å². The van der Waals surface area contributed by atoms with E-state index in [0.717, 1.165) is 13.0 Å². The summed E-state index contributed by atoms with van der Waals surface area (Å²) in [7, 11) is 0. The first-order valence-electron chi connectivity index (χ1n) is 6.35. The van der Waals surface area contributed by atoms with E-state index in [4.69, 9.17) is 0 Å². The SMILES string of the molecule is CCCCCC(C)N(CC)C(=O)C(C)C. The van der Waals surface area contributed by atoms with Crippen molar-refractivity contribution in [3.8, 4) is 0 Å². The number of hydrogen-bond acceptors (Lipinski definition) is 1. The second-order valence-electron chi connectivity index (χ2n) is 4.62. The van der Waals surface area contributed by atoms with Crippen LogP contribution in [0.3, 0.4) is 0 Å². The van der Waals surface area contributed by atoms with Crippen LogP contribution in [-0.2, 0) is 4.79 Å². The lowest BCUT2D eigenvalue weighted by molar-refractivity contribution is -0.136. The third kappa shape index (κ3) is 5.19. The summed E-state index contributed by atoms with van der Waals surface area (Å²) in [5.41, 5.74) is 0. The predicted molar refractivity (Wildman–Crippen MR) is 65.8 cm³/mol. The van der Waals surface area contributed by atoms with Crippen molar-refractivity contribution < 1.29 is 4.79 Å². The summed E-state index contributed by atoms with van der Waals surface area (Å²) in [4.78, 5) is 13.9. The molecule has 0 aromatic carbocycles. The summed E-state index contributed by atoms with van der Waals surface area (Å²) < 4.78 is 0. The maximum Gasteiger partial charge on any atom is 0.225 e. The lowest BCUT2D eigenvalue weighted by Gasteiger charge is -2.29. The van der Waals surface area contributed by atoms with Crippen LogP contribution in [0.15, 0.2) is 0 Å². The molecule has 1 unspecified atom stereocenters. The van der Waals surface area contributed by atoms with E-state index in [1.165, 1.54) is 19.3 Å². The maximum atomic E-state index is 11.9. The van der Waals surface area contributed by atoms with Crippen molar-refractivity contribution in [3.05, 3.63) is 0 Å². The molecule has 0 aliphatic rings. The van der Waals surface area contributed by atoms with E-state index < -0.39 is 0 Å². The zero-order chi connectivity index (χ0) is 11.8. The van der Waals surface area contributed by atoms with Crippen LogP contribution in [-0.4, -0.2) is 23.4 Å². The molecule has 0 saturated heterocycles. The van der Waals surface area contributed by atoms with Gasteiger partial charge in [0.25, 0.3) is 0 Å². The van der Waals surface area contributed by atoms with Crippen LogP contribution in [0.2, 0.25) is 0 Å². The van der Waals surface area contributed by atoms with Gasteiger partial charge in [-0.3, -0.25) is 4.79 Å². The molecule has 1 atom stereocenters. The highest BCUT2D eigenvalue weighted by Crippen LogP contribution is 2.12. The summed E-state index contributed by atoms with van der Waals surface area (Å²) >= 11 is 0. The van der Waals surface area contributed by atoms with Gasteiger partial charge in [0.1, 0.15) is 0 Å². The van der Waals surface area contributed by atoms with Crippen LogP contribution >= 0.6 is 0 Å². The van der Waals surface area contributed by atoms with Gasteiger partial charge in [0, 0.05) is 18.5 Å². The first kappa shape index (κ1) is 14.5. The summed E-state index contributed by atoms with van der Waals surface area (Å²) in [5, 5.41) is 0. The fourth-order valence-corrected chi connectivity index (χ4v) is 1.86. The Morgan fingerprint density at radius 2 is 1.73 bits per heavy atom. The average Bonchev–Trinajstić information content (AvgIpc) is 2.19. The van der Waals surface area contributed by atoms with Gasteiger partial charge in [-0.05, 0) is 20.3 Å². The topological polar surface area (TPSA) is 20.3 Å². The summed E-state index contributed by atoms with van der Waals surface area (Å²) in [6.07, 6.45) is 4.90. The number of unbranched alkanes of at least 4 members (excludes halogenated alkanes) is 2. The molecule has 0 saturated carbocycles. The Morgan fingerprint density at radius 3 is 2.13 bits per heavy atom. The third-order valence-electron chi connectivity index (χ3n) is 2.88. The summed E-state index contributed by atoms with van der Waals surface area (Å²) in [6, 6.07) is 0.399. The first-order chi connectivity index (χ1) is 7.04. The quantitative estimate of drug-likeness (QED) is 0.593. The smallest absolute Gasteiger partial charge is 0.225 e. The van der Waals surface area contributed by atoms with Gasteiger partial charge in [0.15, 0.2) is 0 Å². The highest BCUT2D eigenvalue weighted by Gasteiger charge is 2.20. The fraction of sp³-hybridized carbons (Fsp3) is 0.923. The van der Waals surface area contributed by atoms with Crippen molar-refractivity contribution in [2.75, 3.05) is 6.54 Å². The fourth-order valence-electron chi connectivity index (χ4n) is 1.86. The van der Waals surface area contributed by atoms with Gasteiger partial charge in [0.05, 0.1) is 0 Å². The van der Waals surface area contributed by atoms with Gasteiger partial charge in [-0.2, -0.15) is 0 Å². The third-order valence-corrected chi connectivity index (χ3v) is 2.88. The standard InChI is InChI=1S/C13H27NO/c1-6-8-9-10-12(5)14(7-2)13(15)11(3)4/h11-12H,6-10H2,1-5H3. The lowest BCUT2D eigenvalue weighted by Crippen LogP contribution is -2.40. The van der Waals surface area contributed by atoms with Gasteiger partial charge < -0.3 is 4.90 Å². The zero-order valence-corrected chi connectivity index (χ0v) is 11.0. The molecule has 1 amide bonds. The Balaban J connectivity index is 4.09. The van der Waals surface area contributed by atoms with Crippen LogP contribution in [0.25, 0.3) is 0 Å². The molecule has 0 heterocycles. The molecular formula is C13H27NO. The normalized spacial score (nSPS) is 12.9. The summed E-state index contributed by atoms with van der Waals surface area (Å²) in [6.45, 7) is 11.2. The van der Waals surface area contributed by atoms with E-state index in [-0.39, 0.29) is 5.92 Å². The molecular weight excluding hydrogens is 186 g/mol. The maximum absolute atomic E-state index is 11.9. The minimum atomic E-state index is 0.124. The Kier molecular flexibility index (Phi) is 7.45. The number of carbonyl (C=O) groups is 1. The van der Waals surface area contributed by atoms with Crippen LogP contribution in [0.1, 0.15) is 60.3 Å². The van der Waals surface area contributed by atoms with E-state index in [9.17, 15) is 4.79 Å². The zero-order valence-electron chi connectivity index (χ0n) is 11.0. The molecule has 0 bridgehead atoms. The van der Waals surface area contributed by atoms with Crippen LogP contribution < -0.4 is 0 Å². The van der Waals surface area contributed by atoms with Crippen molar-refractivity contribution in [1.29, 1.82) is 0 Å². The second-order valence-corrected chi connectivity index (χ2v) is 4.62. The van der Waals surface area contributed by atoms with Crippen LogP contribution in [0.4, 0.5) is 0 Å². The molecule has 2 nitrogen and oxygen atoms in total. The van der Waals surface area contributed by atoms with Crippen molar-refractivity contribution >= 4 is 5.91 Å². The van der Waals surface area contributed by atoms with E-state index in [0.29, 0.717) is 11.9 Å². The molecule has 90 valence electrons. The molecule has 0 aromatic rings. The Bertz CT molecular complexity index is 177. The van der Waals surface area contributed by atoms with Gasteiger partial charge >= 0.3 is 0 Å². The number of hydrogen-bond donors (Lipinski definition) is 0. The predicted octanol–water partition coefficient (Wildman–Crippen LogP) is 3.46. The van der Waals surface area contributed by atoms with Gasteiger partial charge in [-0.25, -0.2) is 0 Å². The minimum absolute atomic E-state index is 0.124. The Labute approximate surface area is 95.0 Å². The molecule has 0 aromatic heterocycles. The highest BCUT2D eigenvalue weighted by molar-refractivity contribution is 5.78. The molecule has 0 N–H and O–H groups in total. The minimum Gasteiger partial charge on any atom is -0.340 e. The molecule has 0 spiro atoms. The van der Waals surface area contributed by atoms with Gasteiger partial charge in [-0.1, -0.05) is 40.0 Å². The molecule has 0 rings (SSSR count).